The van der Waals surface area contributed by atoms with Crippen LogP contribution in [0.1, 0.15) is 47.5 Å². The van der Waals surface area contributed by atoms with Crippen LogP contribution in [0.5, 0.6) is 0 Å². The number of alkyl carbamates (subject to hydrolysis) is 1. The monoisotopic (exact) mass is 280 g/mol. The summed E-state index contributed by atoms with van der Waals surface area (Å²) in [4.78, 5) is 11.3. The first-order chi connectivity index (χ1) is 8.56. The van der Waals surface area contributed by atoms with Crippen molar-refractivity contribution in [3.8, 4) is 0 Å². The molecule has 19 heavy (non-hydrogen) atoms. The maximum Gasteiger partial charge on any atom is 0.407 e. The average molecular weight is 280 g/mol. The molecule has 114 valence electrons. The highest BCUT2D eigenvalue weighted by Crippen LogP contribution is 2.12. The standard InChI is InChI=1S/C13H26F2N2O2/c1-6-7-10(2)16-8-13(14,15)9-17-11(18)19-12(3,4)5/h10,16H,6-9H2,1-5H3,(H,17,18). The van der Waals surface area contributed by atoms with Crippen LogP contribution in [0.25, 0.3) is 0 Å². The zero-order chi connectivity index (χ0) is 15.1. The first kappa shape index (κ1) is 18.1. The van der Waals surface area contributed by atoms with Crippen LogP contribution in [0.3, 0.4) is 0 Å². The van der Waals surface area contributed by atoms with E-state index in [4.69, 9.17) is 4.74 Å². The molecule has 0 aliphatic rings. The van der Waals surface area contributed by atoms with Crippen molar-refractivity contribution in [1.29, 1.82) is 0 Å². The number of amides is 1. The number of hydrogen-bond donors (Lipinski definition) is 2. The van der Waals surface area contributed by atoms with Crippen molar-refractivity contribution in [2.24, 2.45) is 0 Å². The molecule has 1 unspecified atom stereocenters. The largest absolute Gasteiger partial charge is 0.444 e. The zero-order valence-corrected chi connectivity index (χ0v) is 12.5. The summed E-state index contributed by atoms with van der Waals surface area (Å²) in [6.07, 6.45) is 0.958. The normalized spacial score (nSPS) is 14.1. The van der Waals surface area contributed by atoms with E-state index in [1.165, 1.54) is 0 Å². The molecule has 0 fully saturated rings. The van der Waals surface area contributed by atoms with Gasteiger partial charge in [0, 0.05) is 6.04 Å². The lowest BCUT2D eigenvalue weighted by Crippen LogP contribution is -2.46. The molecule has 0 spiro atoms. The Hall–Kier alpha value is -0.910. The number of nitrogens with one attached hydrogen (secondary N) is 2. The predicted molar refractivity (Wildman–Crippen MR) is 71.6 cm³/mol. The highest BCUT2D eigenvalue weighted by molar-refractivity contribution is 5.67. The van der Waals surface area contributed by atoms with Gasteiger partial charge in [-0.3, -0.25) is 0 Å². The Balaban J connectivity index is 3.99. The number of hydrogen-bond acceptors (Lipinski definition) is 3. The first-order valence-electron chi connectivity index (χ1n) is 6.64. The Labute approximate surface area is 114 Å². The van der Waals surface area contributed by atoms with Gasteiger partial charge in [-0.05, 0) is 34.1 Å². The van der Waals surface area contributed by atoms with E-state index in [2.05, 4.69) is 10.6 Å². The van der Waals surface area contributed by atoms with Gasteiger partial charge in [-0.15, -0.1) is 0 Å². The summed E-state index contributed by atoms with van der Waals surface area (Å²) in [5.41, 5.74) is -0.687. The van der Waals surface area contributed by atoms with Crippen molar-refractivity contribution in [3.05, 3.63) is 0 Å². The number of halogens is 2. The lowest BCUT2D eigenvalue weighted by atomic mass is 10.2. The van der Waals surface area contributed by atoms with E-state index in [0.29, 0.717) is 0 Å². The number of alkyl halides is 2. The molecule has 6 heteroatoms. The molecular formula is C13H26F2N2O2. The van der Waals surface area contributed by atoms with Crippen LogP contribution in [-0.4, -0.2) is 36.7 Å². The van der Waals surface area contributed by atoms with Gasteiger partial charge in [-0.2, -0.15) is 0 Å². The summed E-state index contributed by atoms with van der Waals surface area (Å²) in [5.74, 6) is -2.99. The Kier molecular flexibility index (Phi) is 7.26. The van der Waals surface area contributed by atoms with Gasteiger partial charge in [0.05, 0.1) is 13.1 Å². The second kappa shape index (κ2) is 7.62. The summed E-state index contributed by atoms with van der Waals surface area (Å²) >= 11 is 0. The molecule has 2 N–H and O–H groups in total. The Morgan fingerprint density at radius 2 is 1.84 bits per heavy atom. The van der Waals surface area contributed by atoms with Crippen LogP contribution in [0.4, 0.5) is 13.6 Å². The molecule has 0 rings (SSSR count). The third-order valence-corrected chi connectivity index (χ3v) is 2.32. The number of carbonyl (C=O) groups excluding carboxylic acids is 1. The van der Waals surface area contributed by atoms with Gasteiger partial charge >= 0.3 is 6.09 Å². The van der Waals surface area contributed by atoms with Crippen molar-refractivity contribution < 1.29 is 18.3 Å². The third kappa shape index (κ3) is 10.7. The van der Waals surface area contributed by atoms with Crippen LogP contribution < -0.4 is 10.6 Å². The lowest BCUT2D eigenvalue weighted by molar-refractivity contribution is -0.00536. The van der Waals surface area contributed by atoms with E-state index in [1.54, 1.807) is 20.8 Å². The van der Waals surface area contributed by atoms with Crippen LogP contribution in [-0.2, 0) is 4.74 Å². The summed E-state index contributed by atoms with van der Waals surface area (Å²) in [5, 5.41) is 4.84. The zero-order valence-electron chi connectivity index (χ0n) is 12.5. The average Bonchev–Trinajstić information content (AvgIpc) is 2.22. The smallest absolute Gasteiger partial charge is 0.407 e. The van der Waals surface area contributed by atoms with Gasteiger partial charge in [0.1, 0.15) is 5.60 Å². The van der Waals surface area contributed by atoms with Crippen molar-refractivity contribution >= 4 is 6.09 Å². The van der Waals surface area contributed by atoms with E-state index in [0.717, 1.165) is 12.8 Å². The Morgan fingerprint density at radius 3 is 2.32 bits per heavy atom. The molecule has 4 nitrogen and oxygen atoms in total. The minimum atomic E-state index is -2.99. The lowest BCUT2D eigenvalue weighted by Gasteiger charge is -2.23. The fraction of sp³-hybridized carbons (Fsp3) is 0.923. The Bertz CT molecular complexity index is 278. The minimum absolute atomic E-state index is 0.0393. The highest BCUT2D eigenvalue weighted by atomic mass is 19.3. The van der Waals surface area contributed by atoms with Gasteiger partial charge < -0.3 is 15.4 Å². The maximum atomic E-state index is 13.5. The van der Waals surface area contributed by atoms with Gasteiger partial charge in [0.15, 0.2) is 0 Å². The van der Waals surface area contributed by atoms with E-state index in [-0.39, 0.29) is 6.04 Å². The second-order valence-corrected chi connectivity index (χ2v) is 5.78. The molecule has 0 aromatic carbocycles. The topological polar surface area (TPSA) is 50.4 Å². The van der Waals surface area contributed by atoms with Gasteiger partial charge in [0.25, 0.3) is 5.92 Å². The van der Waals surface area contributed by atoms with Gasteiger partial charge in [-0.25, -0.2) is 13.6 Å². The molecule has 0 aromatic rings. The van der Waals surface area contributed by atoms with Crippen LogP contribution >= 0.6 is 0 Å². The molecule has 1 amide bonds. The third-order valence-electron chi connectivity index (χ3n) is 2.32. The number of ether oxygens (including phenoxy) is 1. The molecule has 0 aliphatic carbocycles. The van der Waals surface area contributed by atoms with Crippen molar-refractivity contribution in [1.82, 2.24) is 10.6 Å². The van der Waals surface area contributed by atoms with E-state index in [1.807, 2.05) is 13.8 Å². The van der Waals surface area contributed by atoms with Crippen molar-refractivity contribution in [3.63, 3.8) is 0 Å². The molecule has 1 atom stereocenters. The first-order valence-corrected chi connectivity index (χ1v) is 6.64. The molecule has 0 aliphatic heterocycles. The van der Waals surface area contributed by atoms with E-state index >= 15 is 0 Å². The maximum absolute atomic E-state index is 13.5. The van der Waals surface area contributed by atoms with Crippen molar-refractivity contribution in [2.45, 2.75) is 65.0 Å². The molecule has 0 bridgehead atoms. The number of rotatable bonds is 7. The second-order valence-electron chi connectivity index (χ2n) is 5.78. The summed E-state index contributed by atoms with van der Waals surface area (Å²) in [7, 11) is 0. The highest BCUT2D eigenvalue weighted by Gasteiger charge is 2.30. The van der Waals surface area contributed by atoms with Crippen molar-refractivity contribution in [2.75, 3.05) is 13.1 Å². The summed E-state index contributed by atoms with van der Waals surface area (Å²) in [6, 6.07) is 0.0393. The summed E-state index contributed by atoms with van der Waals surface area (Å²) < 4.78 is 31.9. The predicted octanol–water partition coefficient (Wildman–Crippen LogP) is 2.92. The summed E-state index contributed by atoms with van der Waals surface area (Å²) in [6.45, 7) is 7.72. The van der Waals surface area contributed by atoms with Crippen LogP contribution in [0.2, 0.25) is 0 Å². The van der Waals surface area contributed by atoms with Crippen LogP contribution in [0.15, 0.2) is 0 Å². The minimum Gasteiger partial charge on any atom is -0.444 e. The van der Waals surface area contributed by atoms with Gasteiger partial charge in [-0.1, -0.05) is 13.3 Å². The molecule has 0 saturated carbocycles. The molecule has 0 heterocycles. The van der Waals surface area contributed by atoms with Gasteiger partial charge in [0.2, 0.25) is 0 Å². The SMILES string of the molecule is CCCC(C)NCC(F)(F)CNC(=O)OC(C)(C)C. The fourth-order valence-electron chi connectivity index (χ4n) is 1.44. The quantitative estimate of drug-likeness (QED) is 0.754. The molecule has 0 radical (unpaired) electrons. The molecular weight excluding hydrogens is 254 g/mol. The van der Waals surface area contributed by atoms with E-state index < -0.39 is 30.7 Å². The van der Waals surface area contributed by atoms with E-state index in [9.17, 15) is 13.6 Å². The fourth-order valence-corrected chi connectivity index (χ4v) is 1.44. The van der Waals surface area contributed by atoms with Crippen LogP contribution in [0, 0.1) is 0 Å². The molecule has 0 saturated heterocycles. The Morgan fingerprint density at radius 1 is 1.26 bits per heavy atom. The number of carbonyl (C=O) groups is 1. The molecule has 0 aromatic heterocycles.